The standard InChI is InChI=1S/C15H9N3O3S/c19-14-10-7-16-13-9(6-11(22-13)15(20)21)12(10)17-18(14)8-4-2-1-3-5-8/h1-7,17H,(H,20,21). The molecular weight excluding hydrogens is 302 g/mol. The van der Waals surface area contributed by atoms with Gasteiger partial charge in [0.1, 0.15) is 9.71 Å². The summed E-state index contributed by atoms with van der Waals surface area (Å²) in [6.07, 6.45) is 1.48. The van der Waals surface area contributed by atoms with Crippen LogP contribution in [-0.4, -0.2) is 25.8 Å². The largest absolute Gasteiger partial charge is 0.477 e. The van der Waals surface area contributed by atoms with Gasteiger partial charge in [-0.15, -0.1) is 11.3 Å². The third-order valence-corrected chi connectivity index (χ3v) is 4.48. The second-order valence-corrected chi connectivity index (χ2v) is 5.80. The number of fused-ring (bicyclic) bond motifs is 3. The first-order valence-electron chi connectivity index (χ1n) is 6.47. The molecule has 22 heavy (non-hydrogen) atoms. The first kappa shape index (κ1) is 12.8. The predicted octanol–water partition coefficient (Wildman–Crippen LogP) is 2.63. The van der Waals surface area contributed by atoms with E-state index in [1.165, 1.54) is 10.9 Å². The third-order valence-electron chi connectivity index (χ3n) is 3.44. The summed E-state index contributed by atoms with van der Waals surface area (Å²) >= 11 is 1.09. The lowest BCUT2D eigenvalue weighted by atomic mass is 10.2. The average Bonchev–Trinajstić information content (AvgIpc) is 3.10. The molecule has 0 amide bonds. The molecule has 0 unspecified atom stereocenters. The van der Waals surface area contributed by atoms with Crippen molar-refractivity contribution in [1.29, 1.82) is 0 Å². The van der Waals surface area contributed by atoms with E-state index in [1.54, 1.807) is 6.07 Å². The maximum atomic E-state index is 12.5. The Hall–Kier alpha value is -2.93. The van der Waals surface area contributed by atoms with Crippen LogP contribution in [0.3, 0.4) is 0 Å². The Kier molecular flexibility index (Phi) is 2.64. The monoisotopic (exact) mass is 311 g/mol. The SMILES string of the molecule is O=C(O)c1cc2c(ncc3c(=O)n(-c4ccccc4)[nH]c32)s1. The van der Waals surface area contributed by atoms with Gasteiger partial charge in [0.15, 0.2) is 0 Å². The van der Waals surface area contributed by atoms with Crippen molar-refractivity contribution in [1.82, 2.24) is 14.8 Å². The number of aromatic nitrogens is 3. The van der Waals surface area contributed by atoms with Crippen molar-refractivity contribution in [2.45, 2.75) is 0 Å². The zero-order valence-corrected chi connectivity index (χ0v) is 11.9. The van der Waals surface area contributed by atoms with E-state index >= 15 is 0 Å². The Morgan fingerprint density at radius 1 is 1.23 bits per heavy atom. The number of nitrogens with zero attached hydrogens (tertiary/aromatic N) is 2. The number of carboxylic acids is 1. The van der Waals surface area contributed by atoms with Gasteiger partial charge in [-0.05, 0) is 18.2 Å². The minimum Gasteiger partial charge on any atom is -0.477 e. The van der Waals surface area contributed by atoms with E-state index < -0.39 is 5.97 Å². The van der Waals surface area contributed by atoms with Crippen LogP contribution >= 0.6 is 11.3 Å². The Bertz CT molecular complexity index is 1080. The van der Waals surface area contributed by atoms with Gasteiger partial charge in [-0.3, -0.25) is 9.89 Å². The number of nitrogens with one attached hydrogen (secondary N) is 1. The summed E-state index contributed by atoms with van der Waals surface area (Å²) in [6.45, 7) is 0. The second kappa shape index (κ2) is 4.54. The number of carboxylic acid groups (broad SMARTS) is 1. The number of benzene rings is 1. The number of carbonyl (C=O) groups is 1. The number of thiophene rings is 1. The molecule has 0 fully saturated rings. The predicted molar refractivity (Wildman–Crippen MR) is 84.0 cm³/mol. The third kappa shape index (κ3) is 1.76. The molecule has 0 aliphatic carbocycles. The molecule has 0 saturated heterocycles. The summed E-state index contributed by atoms with van der Waals surface area (Å²) in [5, 5.41) is 13.2. The normalized spacial score (nSPS) is 11.3. The van der Waals surface area contributed by atoms with Crippen LogP contribution in [0.15, 0.2) is 47.4 Å². The van der Waals surface area contributed by atoms with Crippen LogP contribution in [0.1, 0.15) is 9.67 Å². The van der Waals surface area contributed by atoms with Crippen LogP contribution in [-0.2, 0) is 0 Å². The first-order chi connectivity index (χ1) is 10.6. The van der Waals surface area contributed by atoms with Crippen LogP contribution in [0.4, 0.5) is 0 Å². The first-order valence-corrected chi connectivity index (χ1v) is 7.29. The molecule has 0 radical (unpaired) electrons. The van der Waals surface area contributed by atoms with Crippen molar-refractivity contribution < 1.29 is 9.90 Å². The van der Waals surface area contributed by atoms with E-state index in [0.717, 1.165) is 11.3 Å². The minimum atomic E-state index is -0.999. The molecule has 2 N–H and O–H groups in total. The molecule has 3 heterocycles. The summed E-state index contributed by atoms with van der Waals surface area (Å²) < 4.78 is 1.43. The van der Waals surface area contributed by atoms with E-state index in [-0.39, 0.29) is 10.4 Å². The fourth-order valence-electron chi connectivity index (χ4n) is 2.42. The van der Waals surface area contributed by atoms with Crippen LogP contribution in [0.2, 0.25) is 0 Å². The smallest absolute Gasteiger partial charge is 0.345 e. The van der Waals surface area contributed by atoms with E-state index in [0.29, 0.717) is 26.8 Å². The Labute approximate surface area is 127 Å². The lowest BCUT2D eigenvalue weighted by Crippen LogP contribution is -2.13. The van der Waals surface area contributed by atoms with Gasteiger partial charge in [0, 0.05) is 11.6 Å². The second-order valence-electron chi connectivity index (χ2n) is 4.77. The van der Waals surface area contributed by atoms with Gasteiger partial charge < -0.3 is 5.11 Å². The highest BCUT2D eigenvalue weighted by Gasteiger charge is 2.16. The van der Waals surface area contributed by atoms with Crippen molar-refractivity contribution in [2.24, 2.45) is 0 Å². The fraction of sp³-hybridized carbons (Fsp3) is 0. The maximum Gasteiger partial charge on any atom is 0.345 e. The van der Waals surface area contributed by atoms with Gasteiger partial charge in [0.05, 0.1) is 16.6 Å². The molecule has 4 rings (SSSR count). The van der Waals surface area contributed by atoms with Crippen LogP contribution in [0.5, 0.6) is 0 Å². The molecule has 0 aliphatic heterocycles. The number of aromatic carboxylic acids is 1. The molecule has 7 heteroatoms. The molecule has 0 bridgehead atoms. The summed E-state index contributed by atoms with van der Waals surface area (Å²) in [7, 11) is 0. The van der Waals surface area contributed by atoms with Gasteiger partial charge in [-0.2, -0.15) is 0 Å². The van der Waals surface area contributed by atoms with Crippen LogP contribution in [0, 0.1) is 0 Å². The van der Waals surface area contributed by atoms with Crippen molar-refractivity contribution in [3.63, 3.8) is 0 Å². The number of H-pyrrole nitrogens is 1. The van der Waals surface area contributed by atoms with Crippen molar-refractivity contribution >= 4 is 38.4 Å². The molecule has 1 aromatic carbocycles. The molecule has 4 aromatic rings. The van der Waals surface area contributed by atoms with E-state index in [2.05, 4.69) is 10.1 Å². The number of rotatable bonds is 2. The van der Waals surface area contributed by atoms with E-state index in [4.69, 9.17) is 5.11 Å². The average molecular weight is 311 g/mol. The molecule has 0 aliphatic rings. The van der Waals surface area contributed by atoms with E-state index in [1.807, 2.05) is 30.3 Å². The zero-order valence-electron chi connectivity index (χ0n) is 11.1. The van der Waals surface area contributed by atoms with Gasteiger partial charge in [0.2, 0.25) is 0 Å². The number of pyridine rings is 1. The number of hydrogen-bond donors (Lipinski definition) is 2. The molecule has 3 aromatic heterocycles. The molecule has 108 valence electrons. The molecule has 0 spiro atoms. The van der Waals surface area contributed by atoms with Crippen molar-refractivity contribution in [3.8, 4) is 5.69 Å². The van der Waals surface area contributed by atoms with Gasteiger partial charge in [-0.1, -0.05) is 18.2 Å². The Morgan fingerprint density at radius 3 is 2.73 bits per heavy atom. The maximum absolute atomic E-state index is 12.5. The number of para-hydroxylation sites is 1. The highest BCUT2D eigenvalue weighted by Crippen LogP contribution is 2.28. The van der Waals surface area contributed by atoms with Crippen molar-refractivity contribution in [3.05, 3.63) is 57.8 Å². The molecule has 0 atom stereocenters. The molecular formula is C15H9N3O3S. The summed E-state index contributed by atoms with van der Waals surface area (Å²) in [4.78, 5) is 28.6. The summed E-state index contributed by atoms with van der Waals surface area (Å²) in [5.41, 5.74) is 1.10. The Morgan fingerprint density at radius 2 is 2.00 bits per heavy atom. The van der Waals surface area contributed by atoms with Gasteiger partial charge >= 0.3 is 5.97 Å². The van der Waals surface area contributed by atoms with Crippen molar-refractivity contribution in [2.75, 3.05) is 0 Å². The lowest BCUT2D eigenvalue weighted by molar-refractivity contribution is 0.0702. The zero-order chi connectivity index (χ0) is 15.3. The number of hydrogen-bond acceptors (Lipinski definition) is 4. The quantitative estimate of drug-likeness (QED) is 0.595. The summed E-state index contributed by atoms with van der Waals surface area (Å²) in [5.74, 6) is -0.999. The van der Waals surface area contributed by atoms with Crippen LogP contribution < -0.4 is 5.56 Å². The van der Waals surface area contributed by atoms with E-state index in [9.17, 15) is 9.59 Å². The van der Waals surface area contributed by atoms with Gasteiger partial charge in [-0.25, -0.2) is 14.5 Å². The minimum absolute atomic E-state index is 0.198. The number of aromatic amines is 1. The fourth-order valence-corrected chi connectivity index (χ4v) is 3.27. The summed E-state index contributed by atoms with van der Waals surface area (Å²) in [6, 6.07) is 10.7. The highest BCUT2D eigenvalue weighted by atomic mass is 32.1. The lowest BCUT2D eigenvalue weighted by Gasteiger charge is -1.99. The highest BCUT2D eigenvalue weighted by molar-refractivity contribution is 7.20. The Balaban J connectivity index is 2.07. The van der Waals surface area contributed by atoms with Crippen LogP contribution in [0.25, 0.3) is 26.8 Å². The van der Waals surface area contributed by atoms with Gasteiger partial charge in [0.25, 0.3) is 5.56 Å². The molecule has 6 nitrogen and oxygen atoms in total. The topological polar surface area (TPSA) is 88.0 Å². The molecule has 0 saturated carbocycles.